The summed E-state index contributed by atoms with van der Waals surface area (Å²) >= 11 is 0. The fourth-order valence-corrected chi connectivity index (χ4v) is 2.41. The number of benzene rings is 1. The van der Waals surface area contributed by atoms with Crippen LogP contribution in [0, 0.1) is 0 Å². The van der Waals surface area contributed by atoms with E-state index in [2.05, 4.69) is 30.9 Å². The third-order valence-electron chi connectivity index (χ3n) is 3.47. The number of ether oxygens (including phenoxy) is 2. The minimum Gasteiger partial charge on any atom is -0.454 e. The van der Waals surface area contributed by atoms with Crippen molar-refractivity contribution in [3.8, 4) is 11.5 Å². The van der Waals surface area contributed by atoms with Crippen LogP contribution in [0.3, 0.4) is 0 Å². The van der Waals surface area contributed by atoms with Crippen LogP contribution in [0.15, 0.2) is 12.1 Å². The summed E-state index contributed by atoms with van der Waals surface area (Å²) in [5, 5.41) is 0. The molecule has 0 bridgehead atoms. The van der Waals surface area contributed by atoms with Gasteiger partial charge in [0.2, 0.25) is 6.79 Å². The number of hydrogen-bond donors (Lipinski definition) is 0. The fraction of sp³-hybridized carbons (Fsp3) is 0.538. The standard InChI is InChI=1S/C13H17NO2.ClH/c1-9(2)14-4-3-10-5-12-13(16-8-15-12)6-11(10)7-14;/h5-6,9H,3-4,7-8H2,1-2H3;1H. The molecule has 94 valence electrons. The Bertz CT molecular complexity index is 420. The van der Waals surface area contributed by atoms with Crippen LogP contribution in [0.4, 0.5) is 0 Å². The Balaban J connectivity index is 0.00000108. The van der Waals surface area contributed by atoms with Crippen LogP contribution in [-0.2, 0) is 13.0 Å². The second-order valence-corrected chi connectivity index (χ2v) is 4.79. The summed E-state index contributed by atoms with van der Waals surface area (Å²) in [6.45, 7) is 7.04. The van der Waals surface area contributed by atoms with Gasteiger partial charge < -0.3 is 9.47 Å². The molecule has 0 fully saturated rings. The monoisotopic (exact) mass is 255 g/mol. The Morgan fingerprint density at radius 1 is 1.12 bits per heavy atom. The van der Waals surface area contributed by atoms with Gasteiger partial charge in [-0.3, -0.25) is 4.90 Å². The SMILES string of the molecule is CC(C)N1CCc2cc3c(cc2C1)OCO3.Cl. The Labute approximate surface area is 108 Å². The molecule has 0 amide bonds. The van der Waals surface area contributed by atoms with E-state index in [1.54, 1.807) is 0 Å². The highest BCUT2D eigenvalue weighted by atomic mass is 35.5. The second kappa shape index (κ2) is 4.75. The zero-order valence-electron chi connectivity index (χ0n) is 10.2. The maximum absolute atomic E-state index is 5.42. The molecular weight excluding hydrogens is 238 g/mol. The molecule has 0 aromatic heterocycles. The van der Waals surface area contributed by atoms with Gasteiger partial charge in [-0.1, -0.05) is 0 Å². The zero-order valence-corrected chi connectivity index (χ0v) is 11.0. The van der Waals surface area contributed by atoms with Crippen molar-refractivity contribution in [2.45, 2.75) is 32.9 Å². The molecule has 1 aromatic carbocycles. The molecule has 0 radical (unpaired) electrons. The van der Waals surface area contributed by atoms with Crippen LogP contribution in [0.2, 0.25) is 0 Å². The quantitative estimate of drug-likeness (QED) is 0.770. The first-order chi connectivity index (χ1) is 7.74. The van der Waals surface area contributed by atoms with Crippen molar-refractivity contribution in [3.63, 3.8) is 0 Å². The average Bonchev–Trinajstić information content (AvgIpc) is 2.71. The summed E-state index contributed by atoms with van der Waals surface area (Å²) in [6.07, 6.45) is 1.12. The lowest BCUT2D eigenvalue weighted by Gasteiger charge is -2.31. The minimum absolute atomic E-state index is 0. The summed E-state index contributed by atoms with van der Waals surface area (Å²) in [4.78, 5) is 2.49. The van der Waals surface area contributed by atoms with Gasteiger partial charge in [-0.05, 0) is 43.5 Å². The van der Waals surface area contributed by atoms with Crippen molar-refractivity contribution < 1.29 is 9.47 Å². The molecule has 2 heterocycles. The van der Waals surface area contributed by atoms with E-state index >= 15 is 0 Å². The molecule has 3 rings (SSSR count). The van der Waals surface area contributed by atoms with Crippen LogP contribution < -0.4 is 9.47 Å². The Morgan fingerprint density at radius 2 is 1.76 bits per heavy atom. The van der Waals surface area contributed by atoms with Crippen LogP contribution in [-0.4, -0.2) is 24.3 Å². The van der Waals surface area contributed by atoms with Crippen molar-refractivity contribution in [1.29, 1.82) is 0 Å². The van der Waals surface area contributed by atoms with Gasteiger partial charge in [-0.15, -0.1) is 12.4 Å². The Morgan fingerprint density at radius 3 is 2.41 bits per heavy atom. The predicted octanol–water partition coefficient (Wildman–Crippen LogP) is 2.60. The van der Waals surface area contributed by atoms with Gasteiger partial charge in [0.25, 0.3) is 0 Å². The number of halogens is 1. The molecule has 0 aliphatic carbocycles. The van der Waals surface area contributed by atoms with E-state index in [0.29, 0.717) is 12.8 Å². The molecule has 1 aromatic rings. The highest BCUT2D eigenvalue weighted by molar-refractivity contribution is 5.85. The largest absolute Gasteiger partial charge is 0.454 e. The predicted molar refractivity (Wildman–Crippen MR) is 69.1 cm³/mol. The average molecular weight is 256 g/mol. The van der Waals surface area contributed by atoms with Crippen LogP contribution in [0.5, 0.6) is 11.5 Å². The van der Waals surface area contributed by atoms with Gasteiger partial charge in [-0.2, -0.15) is 0 Å². The van der Waals surface area contributed by atoms with E-state index < -0.39 is 0 Å². The molecule has 2 aliphatic heterocycles. The van der Waals surface area contributed by atoms with Crippen LogP contribution in [0.1, 0.15) is 25.0 Å². The number of fused-ring (bicyclic) bond motifs is 2. The minimum atomic E-state index is 0. The summed E-state index contributed by atoms with van der Waals surface area (Å²) in [6, 6.07) is 4.90. The highest BCUT2D eigenvalue weighted by Gasteiger charge is 2.22. The van der Waals surface area contributed by atoms with Gasteiger partial charge in [0.05, 0.1) is 0 Å². The van der Waals surface area contributed by atoms with Crippen LogP contribution >= 0.6 is 12.4 Å². The first kappa shape index (κ1) is 12.5. The topological polar surface area (TPSA) is 21.7 Å². The molecule has 0 unspecified atom stereocenters. The van der Waals surface area contributed by atoms with Gasteiger partial charge in [-0.25, -0.2) is 0 Å². The summed E-state index contributed by atoms with van der Waals surface area (Å²) in [5.74, 6) is 1.82. The number of hydrogen-bond acceptors (Lipinski definition) is 3. The van der Waals surface area contributed by atoms with Crippen molar-refractivity contribution in [2.75, 3.05) is 13.3 Å². The summed E-state index contributed by atoms with van der Waals surface area (Å²) in [7, 11) is 0. The lowest BCUT2D eigenvalue weighted by Crippen LogP contribution is -2.35. The van der Waals surface area contributed by atoms with Crippen molar-refractivity contribution in [2.24, 2.45) is 0 Å². The Kier molecular flexibility index (Phi) is 3.50. The van der Waals surface area contributed by atoms with E-state index in [9.17, 15) is 0 Å². The molecule has 0 saturated heterocycles. The summed E-state index contributed by atoms with van der Waals surface area (Å²) < 4.78 is 10.8. The molecule has 0 atom stereocenters. The molecule has 17 heavy (non-hydrogen) atoms. The number of nitrogens with zero attached hydrogens (tertiary/aromatic N) is 1. The van der Waals surface area contributed by atoms with E-state index in [0.717, 1.165) is 31.0 Å². The molecule has 4 heteroatoms. The van der Waals surface area contributed by atoms with Crippen molar-refractivity contribution in [1.82, 2.24) is 4.90 Å². The van der Waals surface area contributed by atoms with E-state index in [-0.39, 0.29) is 12.4 Å². The summed E-state index contributed by atoms with van der Waals surface area (Å²) in [5.41, 5.74) is 2.81. The highest BCUT2D eigenvalue weighted by Crippen LogP contribution is 2.36. The third kappa shape index (κ3) is 2.22. The lowest BCUT2D eigenvalue weighted by molar-refractivity contribution is 0.174. The second-order valence-electron chi connectivity index (χ2n) is 4.79. The van der Waals surface area contributed by atoms with Crippen molar-refractivity contribution >= 4 is 12.4 Å². The van der Waals surface area contributed by atoms with Crippen LogP contribution in [0.25, 0.3) is 0 Å². The van der Waals surface area contributed by atoms with Gasteiger partial charge in [0.15, 0.2) is 11.5 Å². The zero-order chi connectivity index (χ0) is 11.1. The molecule has 0 spiro atoms. The van der Waals surface area contributed by atoms with Crippen molar-refractivity contribution in [3.05, 3.63) is 23.3 Å². The normalized spacial score (nSPS) is 17.8. The van der Waals surface area contributed by atoms with E-state index in [1.807, 2.05) is 0 Å². The van der Waals surface area contributed by atoms with Gasteiger partial charge >= 0.3 is 0 Å². The van der Waals surface area contributed by atoms with E-state index in [4.69, 9.17) is 9.47 Å². The van der Waals surface area contributed by atoms with Gasteiger partial charge in [0, 0.05) is 19.1 Å². The fourth-order valence-electron chi connectivity index (χ4n) is 2.41. The lowest BCUT2D eigenvalue weighted by atomic mass is 9.98. The maximum Gasteiger partial charge on any atom is 0.231 e. The number of rotatable bonds is 1. The smallest absolute Gasteiger partial charge is 0.231 e. The molecule has 3 nitrogen and oxygen atoms in total. The van der Waals surface area contributed by atoms with Gasteiger partial charge in [0.1, 0.15) is 0 Å². The maximum atomic E-state index is 5.42. The molecule has 2 aliphatic rings. The first-order valence-electron chi connectivity index (χ1n) is 5.89. The van der Waals surface area contributed by atoms with E-state index in [1.165, 1.54) is 11.1 Å². The molecule has 0 N–H and O–H groups in total. The Hall–Kier alpha value is -0.930. The molecule has 0 saturated carbocycles. The third-order valence-corrected chi connectivity index (χ3v) is 3.47. The molecular formula is C13H18ClNO2. The first-order valence-corrected chi connectivity index (χ1v) is 5.89.